The molecule has 0 spiro atoms. The first-order valence-corrected chi connectivity index (χ1v) is 12.4. The first-order chi connectivity index (χ1) is 15.1. The summed E-state index contributed by atoms with van der Waals surface area (Å²) in [4.78, 5) is 28.2. The van der Waals surface area contributed by atoms with Gasteiger partial charge in [-0.2, -0.15) is 0 Å². The van der Waals surface area contributed by atoms with Crippen molar-refractivity contribution in [2.24, 2.45) is 5.92 Å². The standard InChI is InChI=1S/C23H35N5O2S/c1-16(2)18-19-21(25-15-26-23(19)31-20(18)22(29)24-3)28-10-6-17(7-11-28)14-30-13-12-27-8-4-5-9-27/h15-17H,4-14H2,1-3H3,(H,24,29). The summed E-state index contributed by atoms with van der Waals surface area (Å²) in [5, 5.41) is 3.83. The average molecular weight is 446 g/mol. The van der Waals surface area contributed by atoms with E-state index in [4.69, 9.17) is 4.74 Å². The van der Waals surface area contributed by atoms with Gasteiger partial charge in [-0.05, 0) is 56.2 Å². The van der Waals surface area contributed by atoms with Crippen LogP contribution in [0.15, 0.2) is 6.33 Å². The van der Waals surface area contributed by atoms with Crippen molar-refractivity contribution < 1.29 is 9.53 Å². The number of aromatic nitrogens is 2. The van der Waals surface area contributed by atoms with Crippen molar-refractivity contribution in [3.8, 4) is 0 Å². The van der Waals surface area contributed by atoms with Gasteiger partial charge >= 0.3 is 0 Å². The number of hydrogen-bond donors (Lipinski definition) is 1. The number of hydrogen-bond acceptors (Lipinski definition) is 7. The van der Waals surface area contributed by atoms with Crippen molar-refractivity contribution >= 4 is 33.3 Å². The van der Waals surface area contributed by atoms with Crippen LogP contribution in [0.1, 0.15) is 60.7 Å². The molecule has 2 fully saturated rings. The fourth-order valence-electron chi connectivity index (χ4n) is 4.77. The fraction of sp³-hybridized carbons (Fsp3) is 0.696. The predicted octanol–water partition coefficient (Wildman–Crippen LogP) is 3.50. The van der Waals surface area contributed by atoms with E-state index < -0.39 is 0 Å². The fourth-order valence-corrected chi connectivity index (χ4v) is 6.01. The van der Waals surface area contributed by atoms with Crippen LogP contribution in [0, 0.1) is 5.92 Å². The van der Waals surface area contributed by atoms with Crippen LogP contribution in [-0.4, -0.2) is 73.8 Å². The molecule has 2 saturated heterocycles. The third-order valence-electron chi connectivity index (χ3n) is 6.53. The Balaban J connectivity index is 1.40. The van der Waals surface area contributed by atoms with E-state index >= 15 is 0 Å². The average Bonchev–Trinajstić information content (AvgIpc) is 3.44. The Morgan fingerprint density at radius 1 is 1.23 bits per heavy atom. The minimum atomic E-state index is -0.0394. The molecule has 0 radical (unpaired) electrons. The number of fused-ring (bicyclic) bond motifs is 1. The summed E-state index contributed by atoms with van der Waals surface area (Å²) in [7, 11) is 1.68. The molecule has 4 heterocycles. The lowest BCUT2D eigenvalue weighted by Gasteiger charge is -2.33. The number of amides is 1. The number of carbonyl (C=O) groups is 1. The zero-order chi connectivity index (χ0) is 21.8. The number of rotatable bonds is 8. The summed E-state index contributed by atoms with van der Waals surface area (Å²) in [5.74, 6) is 1.78. The summed E-state index contributed by atoms with van der Waals surface area (Å²) >= 11 is 1.47. The largest absolute Gasteiger partial charge is 0.380 e. The van der Waals surface area contributed by atoms with Gasteiger partial charge in [-0.3, -0.25) is 4.79 Å². The molecule has 1 amide bonds. The predicted molar refractivity (Wildman–Crippen MR) is 126 cm³/mol. The topological polar surface area (TPSA) is 70.6 Å². The maximum atomic E-state index is 12.5. The Morgan fingerprint density at radius 3 is 2.65 bits per heavy atom. The SMILES string of the molecule is CNC(=O)c1sc2ncnc(N3CCC(COCCN4CCCC4)CC3)c2c1C(C)C. The van der Waals surface area contributed by atoms with Crippen molar-refractivity contribution in [2.75, 3.05) is 57.9 Å². The highest BCUT2D eigenvalue weighted by molar-refractivity contribution is 7.20. The molecule has 31 heavy (non-hydrogen) atoms. The van der Waals surface area contributed by atoms with E-state index in [0.29, 0.717) is 5.92 Å². The third kappa shape index (κ3) is 5.02. The molecule has 0 unspecified atom stereocenters. The lowest BCUT2D eigenvalue weighted by Crippen LogP contribution is -2.36. The number of thiophene rings is 1. The van der Waals surface area contributed by atoms with Gasteiger partial charge < -0.3 is 19.9 Å². The van der Waals surface area contributed by atoms with Crippen LogP contribution in [-0.2, 0) is 4.74 Å². The van der Waals surface area contributed by atoms with Gasteiger partial charge in [0, 0.05) is 33.3 Å². The minimum absolute atomic E-state index is 0.0394. The van der Waals surface area contributed by atoms with Crippen molar-refractivity contribution in [2.45, 2.75) is 45.4 Å². The maximum Gasteiger partial charge on any atom is 0.261 e. The Hall–Kier alpha value is -1.77. The molecule has 8 heteroatoms. The van der Waals surface area contributed by atoms with E-state index in [9.17, 15) is 4.79 Å². The van der Waals surface area contributed by atoms with Crippen molar-refractivity contribution in [3.63, 3.8) is 0 Å². The van der Waals surface area contributed by atoms with Crippen LogP contribution in [0.5, 0.6) is 0 Å². The molecule has 0 aromatic carbocycles. The van der Waals surface area contributed by atoms with Crippen LogP contribution in [0.25, 0.3) is 10.2 Å². The number of likely N-dealkylation sites (tertiary alicyclic amines) is 1. The molecule has 2 aliphatic heterocycles. The first kappa shape index (κ1) is 22.4. The molecule has 0 saturated carbocycles. The van der Waals surface area contributed by atoms with Crippen molar-refractivity contribution in [1.82, 2.24) is 20.2 Å². The van der Waals surface area contributed by atoms with E-state index in [0.717, 1.165) is 72.2 Å². The minimum Gasteiger partial charge on any atom is -0.380 e. The summed E-state index contributed by atoms with van der Waals surface area (Å²) in [6.45, 7) is 11.5. The number of nitrogens with one attached hydrogen (secondary N) is 1. The Morgan fingerprint density at radius 2 is 1.97 bits per heavy atom. The van der Waals surface area contributed by atoms with Crippen LogP contribution < -0.4 is 10.2 Å². The second-order valence-corrected chi connectivity index (χ2v) is 10.0. The molecule has 0 atom stereocenters. The molecule has 0 aliphatic carbocycles. The van der Waals surface area contributed by atoms with Crippen LogP contribution in [0.3, 0.4) is 0 Å². The molecule has 4 rings (SSSR count). The summed E-state index contributed by atoms with van der Waals surface area (Å²) in [6, 6.07) is 0. The van der Waals surface area contributed by atoms with E-state index in [2.05, 4.69) is 38.9 Å². The van der Waals surface area contributed by atoms with Crippen molar-refractivity contribution in [1.29, 1.82) is 0 Å². The molecule has 170 valence electrons. The summed E-state index contributed by atoms with van der Waals surface area (Å²) in [5.41, 5.74) is 1.07. The Labute approximate surface area is 189 Å². The molecule has 2 aromatic heterocycles. The smallest absolute Gasteiger partial charge is 0.261 e. The Bertz CT molecular complexity index is 885. The van der Waals surface area contributed by atoms with Crippen LogP contribution in [0.4, 0.5) is 5.82 Å². The van der Waals surface area contributed by atoms with Gasteiger partial charge in [-0.15, -0.1) is 11.3 Å². The molecule has 2 aliphatic rings. The lowest BCUT2D eigenvalue weighted by molar-refractivity contribution is 0.0753. The monoisotopic (exact) mass is 445 g/mol. The van der Waals surface area contributed by atoms with E-state index in [1.165, 1.54) is 37.3 Å². The van der Waals surface area contributed by atoms with Gasteiger partial charge in [0.15, 0.2) is 0 Å². The summed E-state index contributed by atoms with van der Waals surface area (Å²) in [6.07, 6.45) is 6.53. The Kier molecular flexibility index (Phi) is 7.40. The summed E-state index contributed by atoms with van der Waals surface area (Å²) < 4.78 is 6.01. The van der Waals surface area contributed by atoms with Crippen molar-refractivity contribution in [3.05, 3.63) is 16.8 Å². The highest BCUT2D eigenvalue weighted by atomic mass is 32.1. The zero-order valence-electron chi connectivity index (χ0n) is 19.0. The molecule has 7 nitrogen and oxygen atoms in total. The second-order valence-electron chi connectivity index (χ2n) is 9.01. The highest BCUT2D eigenvalue weighted by Gasteiger charge is 2.27. The second kappa shape index (κ2) is 10.2. The molecular weight excluding hydrogens is 410 g/mol. The quantitative estimate of drug-likeness (QED) is 0.627. The highest BCUT2D eigenvalue weighted by Crippen LogP contribution is 2.40. The van der Waals surface area contributed by atoms with Crippen LogP contribution >= 0.6 is 11.3 Å². The van der Waals surface area contributed by atoms with Gasteiger partial charge in [-0.1, -0.05) is 13.8 Å². The maximum absolute atomic E-state index is 12.5. The number of nitrogens with zero attached hydrogens (tertiary/aromatic N) is 4. The van der Waals surface area contributed by atoms with E-state index in [1.807, 2.05) is 0 Å². The van der Waals surface area contributed by atoms with Gasteiger partial charge in [0.25, 0.3) is 5.91 Å². The van der Waals surface area contributed by atoms with Gasteiger partial charge in [0.1, 0.15) is 17.0 Å². The van der Waals surface area contributed by atoms with E-state index in [1.54, 1.807) is 13.4 Å². The van der Waals surface area contributed by atoms with Gasteiger partial charge in [0.05, 0.1) is 16.9 Å². The van der Waals surface area contributed by atoms with E-state index in [-0.39, 0.29) is 11.8 Å². The molecule has 0 bridgehead atoms. The number of anilines is 1. The number of piperidine rings is 1. The van der Waals surface area contributed by atoms with Crippen LogP contribution in [0.2, 0.25) is 0 Å². The van der Waals surface area contributed by atoms with Gasteiger partial charge in [0.2, 0.25) is 0 Å². The third-order valence-corrected chi connectivity index (χ3v) is 7.65. The molecule has 1 N–H and O–H groups in total. The normalized spacial score (nSPS) is 18.4. The molecule has 2 aromatic rings. The molecular formula is C23H35N5O2S. The lowest BCUT2D eigenvalue weighted by atomic mass is 9.96. The number of ether oxygens (including phenoxy) is 1. The number of carbonyl (C=O) groups excluding carboxylic acids is 1. The zero-order valence-corrected chi connectivity index (χ0v) is 19.8. The van der Waals surface area contributed by atoms with Gasteiger partial charge in [-0.25, -0.2) is 9.97 Å². The first-order valence-electron chi connectivity index (χ1n) is 11.6.